The molecule has 0 fully saturated rings. The first kappa shape index (κ1) is 11.5. The molecule has 0 aliphatic heterocycles. The first-order chi connectivity index (χ1) is 9.22. The second-order valence-electron chi connectivity index (χ2n) is 4.36. The Hall–Kier alpha value is -2.62. The van der Waals surface area contributed by atoms with E-state index in [1.807, 2.05) is 19.1 Å². The van der Waals surface area contributed by atoms with Crippen molar-refractivity contribution < 1.29 is 9.21 Å². The van der Waals surface area contributed by atoms with Gasteiger partial charge in [-0.2, -0.15) is 0 Å². The monoisotopic (exact) mass is 252 g/mol. The molecule has 0 saturated carbocycles. The molecular formula is C15H12N2O2. The molecule has 19 heavy (non-hydrogen) atoms. The Kier molecular flexibility index (Phi) is 2.76. The predicted molar refractivity (Wildman–Crippen MR) is 73.1 cm³/mol. The average molecular weight is 252 g/mol. The SMILES string of the molecule is Cc1ccc(C(=O)Nc2ccc3ocnc3c2)cc1. The van der Waals surface area contributed by atoms with Crippen molar-refractivity contribution in [3.8, 4) is 0 Å². The number of aromatic nitrogens is 1. The van der Waals surface area contributed by atoms with Gasteiger partial charge >= 0.3 is 0 Å². The number of nitrogens with zero attached hydrogens (tertiary/aromatic N) is 1. The molecule has 0 aliphatic rings. The van der Waals surface area contributed by atoms with Crippen LogP contribution >= 0.6 is 0 Å². The molecule has 0 saturated heterocycles. The van der Waals surface area contributed by atoms with E-state index in [2.05, 4.69) is 10.3 Å². The van der Waals surface area contributed by atoms with Gasteiger partial charge < -0.3 is 9.73 Å². The van der Waals surface area contributed by atoms with Gasteiger partial charge in [0.1, 0.15) is 5.52 Å². The summed E-state index contributed by atoms with van der Waals surface area (Å²) in [5.41, 5.74) is 3.88. The van der Waals surface area contributed by atoms with Gasteiger partial charge in [-0.05, 0) is 37.3 Å². The number of carbonyl (C=O) groups is 1. The molecule has 0 spiro atoms. The number of oxazole rings is 1. The fraction of sp³-hybridized carbons (Fsp3) is 0.0667. The lowest BCUT2D eigenvalue weighted by molar-refractivity contribution is 0.102. The Balaban J connectivity index is 1.83. The van der Waals surface area contributed by atoms with E-state index >= 15 is 0 Å². The molecule has 1 N–H and O–H groups in total. The minimum absolute atomic E-state index is 0.136. The van der Waals surface area contributed by atoms with Crippen LogP contribution in [-0.2, 0) is 0 Å². The molecule has 94 valence electrons. The third-order valence-electron chi connectivity index (χ3n) is 2.90. The highest BCUT2D eigenvalue weighted by molar-refractivity contribution is 6.04. The van der Waals surface area contributed by atoms with Gasteiger partial charge in [-0.25, -0.2) is 4.98 Å². The number of carbonyl (C=O) groups excluding carboxylic acids is 1. The Labute approximate surface area is 110 Å². The van der Waals surface area contributed by atoms with Crippen molar-refractivity contribution >= 4 is 22.7 Å². The van der Waals surface area contributed by atoms with Crippen LogP contribution in [0.4, 0.5) is 5.69 Å². The molecule has 1 heterocycles. The minimum atomic E-state index is -0.136. The summed E-state index contributed by atoms with van der Waals surface area (Å²) in [4.78, 5) is 16.1. The Morgan fingerprint density at radius 3 is 2.74 bits per heavy atom. The highest BCUT2D eigenvalue weighted by Crippen LogP contribution is 2.18. The van der Waals surface area contributed by atoms with Crippen LogP contribution in [0.1, 0.15) is 15.9 Å². The fourth-order valence-corrected chi connectivity index (χ4v) is 1.84. The summed E-state index contributed by atoms with van der Waals surface area (Å²) in [5.74, 6) is -0.136. The number of nitrogens with one attached hydrogen (secondary N) is 1. The molecule has 4 nitrogen and oxygen atoms in total. The van der Waals surface area contributed by atoms with E-state index < -0.39 is 0 Å². The smallest absolute Gasteiger partial charge is 0.255 e. The number of aryl methyl sites for hydroxylation is 1. The Morgan fingerprint density at radius 1 is 1.16 bits per heavy atom. The predicted octanol–water partition coefficient (Wildman–Crippen LogP) is 3.39. The summed E-state index contributed by atoms with van der Waals surface area (Å²) in [5, 5.41) is 2.84. The third kappa shape index (κ3) is 2.33. The average Bonchev–Trinajstić information content (AvgIpc) is 2.87. The van der Waals surface area contributed by atoms with Crippen LogP contribution in [-0.4, -0.2) is 10.9 Å². The van der Waals surface area contributed by atoms with Crippen LogP contribution in [0.15, 0.2) is 53.3 Å². The van der Waals surface area contributed by atoms with E-state index in [1.54, 1.807) is 30.3 Å². The van der Waals surface area contributed by atoms with Crippen molar-refractivity contribution in [1.82, 2.24) is 4.98 Å². The highest BCUT2D eigenvalue weighted by atomic mass is 16.3. The number of amides is 1. The molecule has 2 aromatic carbocycles. The quantitative estimate of drug-likeness (QED) is 0.760. The van der Waals surface area contributed by atoms with Crippen LogP contribution in [0.25, 0.3) is 11.1 Å². The molecular weight excluding hydrogens is 240 g/mol. The van der Waals surface area contributed by atoms with E-state index in [1.165, 1.54) is 6.39 Å². The molecule has 0 aliphatic carbocycles. The maximum atomic E-state index is 12.0. The van der Waals surface area contributed by atoms with Gasteiger partial charge in [0, 0.05) is 11.3 Å². The van der Waals surface area contributed by atoms with Crippen LogP contribution < -0.4 is 5.32 Å². The Bertz CT molecular complexity index is 729. The second-order valence-corrected chi connectivity index (χ2v) is 4.36. The first-order valence-electron chi connectivity index (χ1n) is 5.94. The molecule has 1 amide bonds. The lowest BCUT2D eigenvalue weighted by Crippen LogP contribution is -2.11. The topological polar surface area (TPSA) is 55.1 Å². The lowest BCUT2D eigenvalue weighted by atomic mass is 10.1. The van der Waals surface area contributed by atoms with Crippen LogP contribution in [0.2, 0.25) is 0 Å². The van der Waals surface area contributed by atoms with Crippen molar-refractivity contribution in [2.24, 2.45) is 0 Å². The number of hydrogen-bond donors (Lipinski definition) is 1. The van der Waals surface area contributed by atoms with Gasteiger partial charge in [0.15, 0.2) is 12.0 Å². The summed E-state index contributed by atoms with van der Waals surface area (Å²) in [7, 11) is 0. The van der Waals surface area contributed by atoms with Gasteiger partial charge in [-0.3, -0.25) is 4.79 Å². The molecule has 0 atom stereocenters. The normalized spacial score (nSPS) is 10.6. The van der Waals surface area contributed by atoms with Crippen molar-refractivity contribution in [2.45, 2.75) is 6.92 Å². The molecule has 4 heteroatoms. The minimum Gasteiger partial charge on any atom is -0.443 e. The Morgan fingerprint density at radius 2 is 1.95 bits per heavy atom. The molecule has 3 aromatic rings. The lowest BCUT2D eigenvalue weighted by Gasteiger charge is -2.05. The van der Waals surface area contributed by atoms with Gasteiger partial charge in [-0.1, -0.05) is 17.7 Å². The van der Waals surface area contributed by atoms with Crippen LogP contribution in [0.3, 0.4) is 0 Å². The largest absolute Gasteiger partial charge is 0.443 e. The van der Waals surface area contributed by atoms with Crippen molar-refractivity contribution in [2.75, 3.05) is 5.32 Å². The molecule has 0 bridgehead atoms. The van der Waals surface area contributed by atoms with E-state index in [0.29, 0.717) is 16.8 Å². The fourth-order valence-electron chi connectivity index (χ4n) is 1.84. The van der Waals surface area contributed by atoms with E-state index in [4.69, 9.17) is 4.42 Å². The molecule has 1 aromatic heterocycles. The number of fused-ring (bicyclic) bond motifs is 1. The molecule has 3 rings (SSSR count). The van der Waals surface area contributed by atoms with Crippen molar-refractivity contribution in [1.29, 1.82) is 0 Å². The summed E-state index contributed by atoms with van der Waals surface area (Å²) >= 11 is 0. The van der Waals surface area contributed by atoms with Gasteiger partial charge in [0.05, 0.1) is 0 Å². The number of anilines is 1. The third-order valence-corrected chi connectivity index (χ3v) is 2.90. The highest BCUT2D eigenvalue weighted by Gasteiger charge is 2.07. The molecule has 0 unspecified atom stereocenters. The van der Waals surface area contributed by atoms with E-state index in [9.17, 15) is 4.79 Å². The van der Waals surface area contributed by atoms with Gasteiger partial charge in [0.25, 0.3) is 5.91 Å². The maximum absolute atomic E-state index is 12.0. The van der Waals surface area contributed by atoms with Crippen LogP contribution in [0, 0.1) is 6.92 Å². The second kappa shape index (κ2) is 4.57. The number of rotatable bonds is 2. The zero-order chi connectivity index (χ0) is 13.2. The summed E-state index contributed by atoms with van der Waals surface area (Å²) < 4.78 is 5.15. The van der Waals surface area contributed by atoms with Gasteiger partial charge in [-0.15, -0.1) is 0 Å². The summed E-state index contributed by atoms with van der Waals surface area (Å²) in [6, 6.07) is 12.8. The zero-order valence-corrected chi connectivity index (χ0v) is 10.4. The number of hydrogen-bond acceptors (Lipinski definition) is 3. The summed E-state index contributed by atoms with van der Waals surface area (Å²) in [6.07, 6.45) is 1.39. The standard InChI is InChI=1S/C15H12N2O2/c1-10-2-4-11(5-3-10)15(18)17-12-6-7-14-13(8-12)16-9-19-14/h2-9H,1H3,(H,17,18). The zero-order valence-electron chi connectivity index (χ0n) is 10.4. The van der Waals surface area contributed by atoms with E-state index in [0.717, 1.165) is 11.1 Å². The summed E-state index contributed by atoms with van der Waals surface area (Å²) in [6.45, 7) is 1.99. The maximum Gasteiger partial charge on any atom is 0.255 e. The van der Waals surface area contributed by atoms with Gasteiger partial charge in [0.2, 0.25) is 0 Å². The van der Waals surface area contributed by atoms with E-state index in [-0.39, 0.29) is 5.91 Å². The first-order valence-corrected chi connectivity index (χ1v) is 5.94. The van der Waals surface area contributed by atoms with Crippen molar-refractivity contribution in [3.63, 3.8) is 0 Å². The van der Waals surface area contributed by atoms with Crippen LogP contribution in [0.5, 0.6) is 0 Å². The molecule has 0 radical (unpaired) electrons. The van der Waals surface area contributed by atoms with Crippen molar-refractivity contribution in [3.05, 3.63) is 60.0 Å². The number of benzene rings is 2.